The molecule has 0 fully saturated rings. The van der Waals surface area contributed by atoms with Gasteiger partial charge in [0.1, 0.15) is 12.6 Å². The molecule has 0 unspecified atom stereocenters. The molecule has 0 aliphatic carbocycles. The van der Waals surface area contributed by atoms with Crippen LogP contribution in [0.2, 0.25) is 0 Å². The first-order chi connectivity index (χ1) is 13.4. The fourth-order valence-corrected chi connectivity index (χ4v) is 2.42. The van der Waals surface area contributed by atoms with Gasteiger partial charge in [-0.1, -0.05) is 48.4 Å². The van der Waals surface area contributed by atoms with Crippen LogP contribution in [0.25, 0.3) is 0 Å². The van der Waals surface area contributed by atoms with Crippen molar-refractivity contribution in [2.45, 2.75) is 58.6 Å². The molecule has 1 rings (SSSR count). The number of hydrogen-bond donors (Lipinski definition) is 3. The summed E-state index contributed by atoms with van der Waals surface area (Å²) in [6, 6.07) is 8.78. The summed E-state index contributed by atoms with van der Waals surface area (Å²) in [4.78, 5) is 34.9. The van der Waals surface area contributed by atoms with E-state index in [1.54, 1.807) is 0 Å². The fraction of sp³-hybridized carbons (Fsp3) is 0.476. The quantitative estimate of drug-likeness (QED) is 0.377. The van der Waals surface area contributed by atoms with Crippen LogP contribution in [0.3, 0.4) is 0 Å². The lowest BCUT2D eigenvalue weighted by atomic mass is 10.1. The molecule has 3 amide bonds. The third-order valence-electron chi connectivity index (χ3n) is 4.00. The molecule has 0 saturated carbocycles. The van der Waals surface area contributed by atoms with E-state index in [1.165, 1.54) is 0 Å². The van der Waals surface area contributed by atoms with Gasteiger partial charge in [0.25, 0.3) is 0 Å². The van der Waals surface area contributed by atoms with Gasteiger partial charge in [0.05, 0.1) is 0 Å². The van der Waals surface area contributed by atoms with Gasteiger partial charge < -0.3 is 21.1 Å². The lowest BCUT2D eigenvalue weighted by molar-refractivity contribution is -0.127. The second kappa shape index (κ2) is 13.4. The van der Waals surface area contributed by atoms with Gasteiger partial charge in [-0.05, 0) is 38.7 Å². The molecule has 0 aliphatic rings. The molecule has 1 atom stereocenters. The van der Waals surface area contributed by atoms with Crippen LogP contribution >= 0.6 is 0 Å². The number of allylic oxidation sites excluding steroid dienone is 1. The van der Waals surface area contributed by atoms with E-state index in [0.717, 1.165) is 24.0 Å². The normalized spacial score (nSPS) is 11.2. The predicted octanol–water partition coefficient (Wildman–Crippen LogP) is 2.80. The number of ether oxygens (including phenoxy) is 1. The summed E-state index contributed by atoms with van der Waals surface area (Å²) in [6.07, 6.45) is 4.32. The molecule has 7 heteroatoms. The Morgan fingerprint density at radius 2 is 1.82 bits per heavy atom. The molecule has 0 aromatic heterocycles. The maximum atomic E-state index is 11.9. The molecular formula is C21H31N3O4. The SMILES string of the molecule is CC(C)=CC[C@@H](NC(=O)CCCCCNC(=O)OCc1ccccc1)C(N)=O. The predicted molar refractivity (Wildman–Crippen MR) is 108 cm³/mol. The Bertz CT molecular complexity index is 655. The van der Waals surface area contributed by atoms with Gasteiger partial charge in [-0.3, -0.25) is 9.59 Å². The number of rotatable bonds is 12. The first-order valence-corrected chi connectivity index (χ1v) is 9.55. The summed E-state index contributed by atoms with van der Waals surface area (Å²) in [5.74, 6) is -0.731. The first-order valence-electron chi connectivity index (χ1n) is 9.55. The van der Waals surface area contributed by atoms with Crippen molar-refractivity contribution in [1.82, 2.24) is 10.6 Å². The number of nitrogens with one attached hydrogen (secondary N) is 2. The van der Waals surface area contributed by atoms with Crippen LogP contribution < -0.4 is 16.4 Å². The maximum absolute atomic E-state index is 11.9. The van der Waals surface area contributed by atoms with Gasteiger partial charge in [0.15, 0.2) is 0 Å². The Kier molecular flexibility index (Phi) is 11.1. The van der Waals surface area contributed by atoms with Gasteiger partial charge in [-0.2, -0.15) is 0 Å². The number of carbonyl (C=O) groups excluding carboxylic acids is 3. The van der Waals surface area contributed by atoms with Crippen LogP contribution in [0.1, 0.15) is 51.5 Å². The smallest absolute Gasteiger partial charge is 0.407 e. The highest BCUT2D eigenvalue weighted by atomic mass is 16.5. The third-order valence-corrected chi connectivity index (χ3v) is 4.00. The zero-order valence-electron chi connectivity index (χ0n) is 16.7. The summed E-state index contributed by atoms with van der Waals surface area (Å²) in [6.45, 7) is 4.57. The molecule has 28 heavy (non-hydrogen) atoms. The number of amides is 3. The minimum absolute atomic E-state index is 0.193. The van der Waals surface area contributed by atoms with Crippen LogP contribution in [0.5, 0.6) is 0 Å². The van der Waals surface area contributed by atoms with Gasteiger partial charge in [0, 0.05) is 13.0 Å². The van der Waals surface area contributed by atoms with Crippen molar-refractivity contribution in [2.75, 3.05) is 6.54 Å². The van der Waals surface area contributed by atoms with Crippen molar-refractivity contribution in [2.24, 2.45) is 5.73 Å². The molecule has 0 spiro atoms. The van der Waals surface area contributed by atoms with Crippen molar-refractivity contribution in [3.05, 3.63) is 47.5 Å². The summed E-state index contributed by atoms with van der Waals surface area (Å²) < 4.78 is 5.12. The largest absolute Gasteiger partial charge is 0.445 e. The molecule has 154 valence electrons. The van der Waals surface area contributed by atoms with E-state index in [1.807, 2.05) is 50.3 Å². The molecule has 7 nitrogen and oxygen atoms in total. The highest BCUT2D eigenvalue weighted by Gasteiger charge is 2.16. The number of nitrogens with two attached hydrogens (primary N) is 1. The Morgan fingerprint density at radius 3 is 2.46 bits per heavy atom. The molecule has 4 N–H and O–H groups in total. The summed E-state index contributed by atoms with van der Waals surface area (Å²) in [5, 5.41) is 5.35. The third kappa shape index (κ3) is 11.0. The molecule has 1 aromatic carbocycles. The van der Waals surface area contributed by atoms with Crippen LogP contribution in [0, 0.1) is 0 Å². The Hall–Kier alpha value is -2.83. The van der Waals surface area contributed by atoms with E-state index in [0.29, 0.717) is 25.8 Å². The molecule has 0 heterocycles. The van der Waals surface area contributed by atoms with Gasteiger partial charge >= 0.3 is 6.09 Å². The van der Waals surface area contributed by atoms with Crippen molar-refractivity contribution < 1.29 is 19.1 Å². The van der Waals surface area contributed by atoms with E-state index >= 15 is 0 Å². The van der Waals surface area contributed by atoms with Crippen molar-refractivity contribution in [1.29, 1.82) is 0 Å². The van der Waals surface area contributed by atoms with E-state index in [-0.39, 0.29) is 12.5 Å². The monoisotopic (exact) mass is 389 g/mol. The lowest BCUT2D eigenvalue weighted by Crippen LogP contribution is -2.44. The summed E-state index contributed by atoms with van der Waals surface area (Å²) in [5.41, 5.74) is 7.32. The van der Waals surface area contributed by atoms with Crippen molar-refractivity contribution in [3.63, 3.8) is 0 Å². The van der Waals surface area contributed by atoms with Crippen LogP contribution in [-0.4, -0.2) is 30.5 Å². The molecule has 0 radical (unpaired) electrons. The average molecular weight is 389 g/mol. The summed E-state index contributed by atoms with van der Waals surface area (Å²) >= 11 is 0. The van der Waals surface area contributed by atoms with Crippen LogP contribution in [0.4, 0.5) is 4.79 Å². The van der Waals surface area contributed by atoms with E-state index in [4.69, 9.17) is 10.5 Å². The first kappa shape index (κ1) is 23.2. The Labute approximate surface area is 166 Å². The Morgan fingerprint density at radius 1 is 1.11 bits per heavy atom. The topological polar surface area (TPSA) is 111 Å². The highest BCUT2D eigenvalue weighted by Crippen LogP contribution is 2.03. The number of carbonyl (C=O) groups is 3. The van der Waals surface area contributed by atoms with Gasteiger partial charge in [-0.15, -0.1) is 0 Å². The second-order valence-electron chi connectivity index (χ2n) is 6.84. The standard InChI is InChI=1S/C21H31N3O4/c1-16(2)12-13-18(20(22)26)24-19(25)11-7-4-8-14-23-21(27)28-15-17-9-5-3-6-10-17/h3,5-6,9-10,12,18H,4,7-8,11,13-15H2,1-2H3,(H2,22,26)(H,23,27)(H,24,25)/t18-/m1/s1. The number of hydrogen-bond acceptors (Lipinski definition) is 4. The highest BCUT2D eigenvalue weighted by molar-refractivity contribution is 5.86. The van der Waals surface area contributed by atoms with E-state index < -0.39 is 18.0 Å². The second-order valence-corrected chi connectivity index (χ2v) is 6.84. The average Bonchev–Trinajstić information content (AvgIpc) is 2.66. The number of unbranched alkanes of at least 4 members (excludes halogenated alkanes) is 2. The number of benzene rings is 1. The zero-order valence-corrected chi connectivity index (χ0v) is 16.7. The zero-order chi connectivity index (χ0) is 20.8. The molecular weight excluding hydrogens is 358 g/mol. The minimum Gasteiger partial charge on any atom is -0.445 e. The molecule has 0 saturated heterocycles. The lowest BCUT2D eigenvalue weighted by Gasteiger charge is -2.14. The van der Waals surface area contributed by atoms with E-state index in [9.17, 15) is 14.4 Å². The minimum atomic E-state index is -0.677. The Balaban J connectivity index is 2.10. The van der Waals surface area contributed by atoms with Crippen LogP contribution in [-0.2, 0) is 20.9 Å². The number of primary amides is 1. The molecule has 0 bridgehead atoms. The number of alkyl carbamates (subject to hydrolysis) is 1. The summed E-state index contributed by atoms with van der Waals surface area (Å²) in [7, 11) is 0. The van der Waals surface area contributed by atoms with Crippen LogP contribution in [0.15, 0.2) is 42.0 Å². The molecule has 1 aromatic rings. The van der Waals surface area contributed by atoms with E-state index in [2.05, 4.69) is 10.6 Å². The fourth-order valence-electron chi connectivity index (χ4n) is 2.42. The van der Waals surface area contributed by atoms with Gasteiger partial charge in [0.2, 0.25) is 11.8 Å². The van der Waals surface area contributed by atoms with Crippen molar-refractivity contribution in [3.8, 4) is 0 Å². The molecule has 0 aliphatic heterocycles. The van der Waals surface area contributed by atoms with Gasteiger partial charge in [-0.25, -0.2) is 4.79 Å². The van der Waals surface area contributed by atoms with Crippen molar-refractivity contribution >= 4 is 17.9 Å². The maximum Gasteiger partial charge on any atom is 0.407 e.